The van der Waals surface area contributed by atoms with Crippen LogP contribution in [0, 0.1) is 13.8 Å². The lowest BCUT2D eigenvalue weighted by Crippen LogP contribution is -2.40. The topological polar surface area (TPSA) is 81.2 Å². The SMILES string of the molecule is CCCCS(=O)(=O)NC1CCC(Oc2nc(C)cc(C)n2)CC1. The number of nitrogens with one attached hydrogen (secondary N) is 1. The number of aromatic nitrogens is 2. The Kier molecular flexibility index (Phi) is 6.35. The van der Waals surface area contributed by atoms with Crippen molar-refractivity contribution in [2.24, 2.45) is 0 Å². The Morgan fingerprint density at radius 2 is 1.78 bits per heavy atom. The second-order valence-corrected chi connectivity index (χ2v) is 8.19. The highest BCUT2D eigenvalue weighted by Gasteiger charge is 2.26. The normalized spacial score (nSPS) is 22.0. The summed E-state index contributed by atoms with van der Waals surface area (Å²) in [5.41, 5.74) is 1.79. The number of rotatable bonds is 7. The van der Waals surface area contributed by atoms with Crippen LogP contribution in [0.1, 0.15) is 56.8 Å². The molecule has 0 bridgehead atoms. The predicted molar refractivity (Wildman–Crippen MR) is 90.0 cm³/mol. The first kappa shape index (κ1) is 18.1. The van der Waals surface area contributed by atoms with Gasteiger partial charge in [-0.15, -0.1) is 0 Å². The molecular weight excluding hydrogens is 314 g/mol. The first-order chi connectivity index (χ1) is 10.9. The van der Waals surface area contributed by atoms with E-state index in [0.29, 0.717) is 12.4 Å². The average Bonchev–Trinajstić information content (AvgIpc) is 2.46. The fourth-order valence-electron chi connectivity index (χ4n) is 2.84. The van der Waals surface area contributed by atoms with E-state index in [0.717, 1.165) is 43.5 Å². The highest BCUT2D eigenvalue weighted by Crippen LogP contribution is 2.23. The molecule has 6 nitrogen and oxygen atoms in total. The molecule has 1 saturated carbocycles. The second-order valence-electron chi connectivity index (χ2n) is 6.32. The summed E-state index contributed by atoms with van der Waals surface area (Å²) >= 11 is 0. The van der Waals surface area contributed by atoms with Gasteiger partial charge in [-0.25, -0.2) is 23.1 Å². The molecule has 0 amide bonds. The molecule has 1 aromatic heterocycles. The number of hydrogen-bond donors (Lipinski definition) is 1. The van der Waals surface area contributed by atoms with Gasteiger partial charge in [-0.1, -0.05) is 13.3 Å². The largest absolute Gasteiger partial charge is 0.460 e. The third-order valence-corrected chi connectivity index (χ3v) is 5.54. The van der Waals surface area contributed by atoms with Crippen molar-refractivity contribution in [2.45, 2.75) is 71.4 Å². The number of sulfonamides is 1. The molecule has 1 aromatic rings. The molecule has 0 atom stereocenters. The third kappa shape index (κ3) is 6.06. The number of hydrogen-bond acceptors (Lipinski definition) is 5. The van der Waals surface area contributed by atoms with Gasteiger partial charge in [0.2, 0.25) is 10.0 Å². The van der Waals surface area contributed by atoms with Crippen LogP contribution in [0.2, 0.25) is 0 Å². The summed E-state index contributed by atoms with van der Waals surface area (Å²) in [7, 11) is -3.15. The Morgan fingerprint density at radius 3 is 2.35 bits per heavy atom. The number of ether oxygens (including phenoxy) is 1. The van der Waals surface area contributed by atoms with Crippen molar-refractivity contribution in [3.8, 4) is 6.01 Å². The molecule has 1 aliphatic rings. The molecule has 130 valence electrons. The average molecular weight is 341 g/mol. The van der Waals surface area contributed by atoms with Gasteiger partial charge in [0.25, 0.3) is 0 Å². The van der Waals surface area contributed by atoms with Crippen LogP contribution in [0.25, 0.3) is 0 Å². The fraction of sp³-hybridized carbons (Fsp3) is 0.750. The van der Waals surface area contributed by atoms with Crippen molar-refractivity contribution in [1.29, 1.82) is 0 Å². The highest BCUT2D eigenvalue weighted by atomic mass is 32.2. The Hall–Kier alpha value is -1.21. The number of aryl methyl sites for hydroxylation is 2. The Morgan fingerprint density at radius 1 is 1.17 bits per heavy atom. The molecule has 0 unspecified atom stereocenters. The molecule has 2 rings (SSSR count). The van der Waals surface area contributed by atoms with Gasteiger partial charge in [0.1, 0.15) is 6.10 Å². The maximum atomic E-state index is 11.9. The van der Waals surface area contributed by atoms with E-state index in [-0.39, 0.29) is 17.9 Å². The Bertz CT molecular complexity index is 591. The van der Waals surface area contributed by atoms with Crippen molar-refractivity contribution in [1.82, 2.24) is 14.7 Å². The molecule has 1 N–H and O–H groups in total. The van der Waals surface area contributed by atoms with E-state index < -0.39 is 10.0 Å². The van der Waals surface area contributed by atoms with E-state index in [1.54, 1.807) is 0 Å². The molecule has 23 heavy (non-hydrogen) atoms. The summed E-state index contributed by atoms with van der Waals surface area (Å²) in [6, 6.07) is 2.36. The lowest BCUT2D eigenvalue weighted by molar-refractivity contribution is 0.131. The van der Waals surface area contributed by atoms with Crippen LogP contribution in [-0.2, 0) is 10.0 Å². The molecular formula is C16H27N3O3S. The molecule has 0 aliphatic heterocycles. The summed E-state index contributed by atoms with van der Waals surface area (Å²) in [5.74, 6) is 0.219. The Balaban J connectivity index is 1.82. The van der Waals surface area contributed by atoms with Crippen LogP contribution in [0.5, 0.6) is 6.01 Å². The molecule has 1 fully saturated rings. The third-order valence-electron chi connectivity index (χ3n) is 4.02. The molecule has 0 saturated heterocycles. The monoisotopic (exact) mass is 341 g/mol. The Labute approximate surface area is 139 Å². The van der Waals surface area contributed by atoms with Crippen molar-refractivity contribution in [3.05, 3.63) is 17.5 Å². The maximum Gasteiger partial charge on any atom is 0.317 e. The van der Waals surface area contributed by atoms with Gasteiger partial charge < -0.3 is 4.74 Å². The lowest BCUT2D eigenvalue weighted by Gasteiger charge is -2.28. The van der Waals surface area contributed by atoms with E-state index in [1.165, 1.54) is 0 Å². The van der Waals surface area contributed by atoms with Crippen LogP contribution in [-0.4, -0.2) is 36.3 Å². The van der Waals surface area contributed by atoms with E-state index in [4.69, 9.17) is 4.74 Å². The highest BCUT2D eigenvalue weighted by molar-refractivity contribution is 7.89. The van der Waals surface area contributed by atoms with Crippen LogP contribution in [0.4, 0.5) is 0 Å². The molecule has 7 heteroatoms. The smallest absolute Gasteiger partial charge is 0.317 e. The summed E-state index contributed by atoms with van der Waals surface area (Å²) in [6.45, 7) is 5.83. The van der Waals surface area contributed by atoms with Crippen LogP contribution >= 0.6 is 0 Å². The zero-order valence-corrected chi connectivity index (χ0v) is 15.0. The minimum absolute atomic E-state index is 0.0249. The molecule has 0 spiro atoms. The minimum Gasteiger partial charge on any atom is -0.460 e. The van der Waals surface area contributed by atoms with Crippen LogP contribution in [0.15, 0.2) is 6.07 Å². The van der Waals surface area contributed by atoms with Gasteiger partial charge in [0, 0.05) is 17.4 Å². The zero-order chi connectivity index (χ0) is 16.9. The summed E-state index contributed by atoms with van der Waals surface area (Å²) < 4.78 is 32.6. The van der Waals surface area contributed by atoms with E-state index in [2.05, 4.69) is 14.7 Å². The van der Waals surface area contributed by atoms with Crippen molar-refractivity contribution >= 4 is 10.0 Å². The quantitative estimate of drug-likeness (QED) is 0.824. The first-order valence-electron chi connectivity index (χ1n) is 8.37. The number of nitrogens with zero attached hydrogens (tertiary/aromatic N) is 2. The van der Waals surface area contributed by atoms with Gasteiger partial charge in [-0.05, 0) is 52.0 Å². The zero-order valence-electron chi connectivity index (χ0n) is 14.2. The second kappa shape index (κ2) is 8.06. The molecule has 1 heterocycles. The molecule has 0 radical (unpaired) electrons. The van der Waals surface area contributed by atoms with Gasteiger partial charge in [0.15, 0.2) is 0 Å². The fourth-order valence-corrected chi connectivity index (χ4v) is 4.37. The summed E-state index contributed by atoms with van der Waals surface area (Å²) in [6.07, 6.45) is 4.87. The summed E-state index contributed by atoms with van der Waals surface area (Å²) in [5, 5.41) is 0. The van der Waals surface area contributed by atoms with Crippen molar-refractivity contribution in [3.63, 3.8) is 0 Å². The number of unbranched alkanes of at least 4 members (excludes halogenated alkanes) is 1. The molecule has 0 aromatic carbocycles. The van der Waals surface area contributed by atoms with Crippen molar-refractivity contribution in [2.75, 3.05) is 5.75 Å². The van der Waals surface area contributed by atoms with E-state index in [9.17, 15) is 8.42 Å². The standard InChI is InChI=1S/C16H27N3O3S/c1-4-5-10-23(20,21)19-14-6-8-15(9-7-14)22-16-17-12(2)11-13(3)18-16/h11,14-15,19H,4-10H2,1-3H3. The van der Waals surface area contributed by atoms with Crippen LogP contribution in [0.3, 0.4) is 0 Å². The van der Waals surface area contributed by atoms with E-state index in [1.807, 2.05) is 26.8 Å². The first-order valence-corrected chi connectivity index (χ1v) is 10.0. The minimum atomic E-state index is -3.15. The molecule has 1 aliphatic carbocycles. The van der Waals surface area contributed by atoms with Crippen LogP contribution < -0.4 is 9.46 Å². The van der Waals surface area contributed by atoms with Gasteiger partial charge >= 0.3 is 6.01 Å². The lowest BCUT2D eigenvalue weighted by atomic mass is 9.94. The maximum absolute atomic E-state index is 11.9. The van der Waals surface area contributed by atoms with Gasteiger partial charge in [0.05, 0.1) is 5.75 Å². The van der Waals surface area contributed by atoms with Crippen molar-refractivity contribution < 1.29 is 13.2 Å². The van der Waals surface area contributed by atoms with Gasteiger partial charge in [-0.3, -0.25) is 0 Å². The van der Waals surface area contributed by atoms with E-state index >= 15 is 0 Å². The van der Waals surface area contributed by atoms with Gasteiger partial charge in [-0.2, -0.15) is 0 Å². The predicted octanol–water partition coefficient (Wildman–Crippen LogP) is 2.50. The summed E-state index contributed by atoms with van der Waals surface area (Å²) in [4.78, 5) is 8.59.